The van der Waals surface area contributed by atoms with Gasteiger partial charge >= 0.3 is 10.4 Å². The Kier molecular flexibility index (Phi) is 6.00. The minimum atomic E-state index is -3.92. The second kappa shape index (κ2) is 7.29. The van der Waals surface area contributed by atoms with Crippen molar-refractivity contribution >= 4 is 10.4 Å². The Balaban J connectivity index is 2.32. The van der Waals surface area contributed by atoms with Crippen molar-refractivity contribution in [1.82, 2.24) is 0 Å². The molecule has 17 heavy (non-hydrogen) atoms. The van der Waals surface area contributed by atoms with Crippen molar-refractivity contribution in [3.8, 4) is 5.75 Å². The Bertz CT molecular complexity index is 400. The van der Waals surface area contributed by atoms with Gasteiger partial charge in [-0.25, -0.2) is 4.18 Å². The summed E-state index contributed by atoms with van der Waals surface area (Å²) in [6.45, 7) is 2.27. The molecule has 0 spiro atoms. The second-order valence-electron chi connectivity index (χ2n) is 3.69. The predicted octanol–water partition coefficient (Wildman–Crippen LogP) is 2.91. The standard InChI is InChI=1S/C12H18O4S/c1-2-3-4-8-11-15-17(13,14)16-12-9-6-5-7-10-12/h5-7,9-10H,2-4,8,11H2,1H3. The van der Waals surface area contributed by atoms with Gasteiger partial charge in [0.1, 0.15) is 5.75 Å². The minimum absolute atomic E-state index is 0.176. The fourth-order valence-corrected chi connectivity index (χ4v) is 2.02. The van der Waals surface area contributed by atoms with Crippen LogP contribution in [0, 0.1) is 0 Å². The third-order valence-electron chi connectivity index (χ3n) is 2.17. The summed E-state index contributed by atoms with van der Waals surface area (Å²) in [7, 11) is -3.92. The van der Waals surface area contributed by atoms with Gasteiger partial charge in [-0.15, -0.1) is 0 Å². The SMILES string of the molecule is CCCCCCOS(=O)(=O)Oc1ccccc1. The molecule has 0 aliphatic heterocycles. The van der Waals surface area contributed by atoms with E-state index in [0.29, 0.717) is 0 Å². The second-order valence-corrected chi connectivity index (χ2v) is 4.91. The monoisotopic (exact) mass is 258 g/mol. The highest BCUT2D eigenvalue weighted by molar-refractivity contribution is 7.82. The summed E-state index contributed by atoms with van der Waals surface area (Å²) < 4.78 is 32.3. The molecule has 0 aromatic heterocycles. The smallest absolute Gasteiger partial charge is 0.362 e. The molecule has 0 amide bonds. The fraction of sp³-hybridized carbons (Fsp3) is 0.500. The van der Waals surface area contributed by atoms with E-state index in [1.165, 1.54) is 0 Å². The first kappa shape index (κ1) is 14.0. The third-order valence-corrected chi connectivity index (χ3v) is 3.02. The Labute approximate surface area is 103 Å². The molecule has 0 atom stereocenters. The van der Waals surface area contributed by atoms with Gasteiger partial charge < -0.3 is 4.18 Å². The Morgan fingerprint density at radius 1 is 1.06 bits per heavy atom. The number of hydrogen-bond donors (Lipinski definition) is 0. The average Bonchev–Trinajstić information content (AvgIpc) is 2.29. The summed E-state index contributed by atoms with van der Waals surface area (Å²) in [4.78, 5) is 0. The van der Waals surface area contributed by atoms with E-state index in [2.05, 4.69) is 6.92 Å². The van der Waals surface area contributed by atoms with Gasteiger partial charge in [0, 0.05) is 0 Å². The number of para-hydroxylation sites is 1. The molecular weight excluding hydrogens is 240 g/mol. The van der Waals surface area contributed by atoms with E-state index in [-0.39, 0.29) is 12.4 Å². The molecule has 1 rings (SSSR count). The number of hydrogen-bond acceptors (Lipinski definition) is 4. The van der Waals surface area contributed by atoms with Crippen LogP contribution in [0.4, 0.5) is 0 Å². The molecule has 0 unspecified atom stereocenters. The molecular formula is C12H18O4S. The van der Waals surface area contributed by atoms with E-state index < -0.39 is 10.4 Å². The van der Waals surface area contributed by atoms with E-state index in [1.54, 1.807) is 30.3 Å². The van der Waals surface area contributed by atoms with Crippen LogP contribution >= 0.6 is 0 Å². The molecule has 96 valence electrons. The molecule has 0 aliphatic carbocycles. The van der Waals surface area contributed by atoms with Gasteiger partial charge in [0.15, 0.2) is 0 Å². The van der Waals surface area contributed by atoms with Crippen LogP contribution < -0.4 is 4.18 Å². The number of benzene rings is 1. The summed E-state index contributed by atoms with van der Waals surface area (Å²) in [6, 6.07) is 8.32. The van der Waals surface area contributed by atoms with Gasteiger partial charge in [-0.2, -0.15) is 8.42 Å². The first-order chi connectivity index (χ1) is 8.14. The summed E-state index contributed by atoms with van der Waals surface area (Å²) in [6.07, 6.45) is 3.89. The van der Waals surface area contributed by atoms with E-state index >= 15 is 0 Å². The molecule has 0 heterocycles. The first-order valence-electron chi connectivity index (χ1n) is 5.78. The van der Waals surface area contributed by atoms with Crippen molar-refractivity contribution in [2.75, 3.05) is 6.61 Å². The van der Waals surface area contributed by atoms with Gasteiger partial charge in [0.2, 0.25) is 0 Å². The van der Waals surface area contributed by atoms with Crippen molar-refractivity contribution in [3.63, 3.8) is 0 Å². The lowest BCUT2D eigenvalue weighted by molar-refractivity contribution is 0.266. The van der Waals surface area contributed by atoms with Crippen LogP contribution in [-0.4, -0.2) is 15.0 Å². The van der Waals surface area contributed by atoms with Crippen LogP contribution in [0.15, 0.2) is 30.3 Å². The molecule has 0 aliphatic rings. The third kappa shape index (κ3) is 6.28. The fourth-order valence-electron chi connectivity index (χ4n) is 1.31. The molecule has 0 saturated heterocycles. The van der Waals surface area contributed by atoms with Gasteiger partial charge in [-0.3, -0.25) is 0 Å². The van der Waals surface area contributed by atoms with Crippen molar-refractivity contribution in [2.45, 2.75) is 32.6 Å². The van der Waals surface area contributed by atoms with E-state index in [1.807, 2.05) is 0 Å². The zero-order valence-electron chi connectivity index (χ0n) is 9.96. The van der Waals surface area contributed by atoms with Crippen LogP contribution in [0.1, 0.15) is 32.6 Å². The van der Waals surface area contributed by atoms with Crippen LogP contribution in [-0.2, 0) is 14.6 Å². The summed E-state index contributed by atoms with van der Waals surface area (Å²) >= 11 is 0. The van der Waals surface area contributed by atoms with Gasteiger partial charge in [0.25, 0.3) is 0 Å². The number of unbranched alkanes of at least 4 members (excludes halogenated alkanes) is 3. The van der Waals surface area contributed by atoms with Crippen molar-refractivity contribution in [3.05, 3.63) is 30.3 Å². The first-order valence-corrected chi connectivity index (χ1v) is 7.11. The Morgan fingerprint density at radius 3 is 2.41 bits per heavy atom. The van der Waals surface area contributed by atoms with E-state index in [4.69, 9.17) is 8.37 Å². The quantitative estimate of drug-likeness (QED) is 0.673. The van der Waals surface area contributed by atoms with Crippen LogP contribution in [0.2, 0.25) is 0 Å². The van der Waals surface area contributed by atoms with Crippen molar-refractivity contribution in [1.29, 1.82) is 0 Å². The normalized spacial score (nSPS) is 11.4. The zero-order chi connectivity index (χ0) is 12.6. The highest BCUT2D eigenvalue weighted by Gasteiger charge is 2.12. The highest BCUT2D eigenvalue weighted by Crippen LogP contribution is 2.12. The van der Waals surface area contributed by atoms with E-state index in [0.717, 1.165) is 25.7 Å². The minimum Gasteiger partial charge on any atom is -0.362 e. The summed E-state index contributed by atoms with van der Waals surface area (Å²) in [5.41, 5.74) is 0. The maximum absolute atomic E-state index is 11.4. The van der Waals surface area contributed by atoms with Crippen molar-refractivity contribution < 1.29 is 16.8 Å². The molecule has 0 N–H and O–H groups in total. The maximum Gasteiger partial charge on any atom is 0.449 e. The average molecular weight is 258 g/mol. The predicted molar refractivity (Wildman–Crippen MR) is 66.1 cm³/mol. The molecule has 1 aromatic carbocycles. The Morgan fingerprint density at radius 2 is 1.76 bits per heavy atom. The van der Waals surface area contributed by atoms with Crippen molar-refractivity contribution in [2.24, 2.45) is 0 Å². The number of rotatable bonds is 8. The molecule has 0 saturated carbocycles. The highest BCUT2D eigenvalue weighted by atomic mass is 32.3. The molecule has 0 bridgehead atoms. The molecule has 5 heteroatoms. The van der Waals surface area contributed by atoms with E-state index in [9.17, 15) is 8.42 Å². The van der Waals surface area contributed by atoms with Gasteiger partial charge in [-0.05, 0) is 18.6 Å². The maximum atomic E-state index is 11.4. The van der Waals surface area contributed by atoms with Gasteiger partial charge in [0.05, 0.1) is 6.61 Å². The molecule has 0 radical (unpaired) electrons. The molecule has 0 fully saturated rings. The van der Waals surface area contributed by atoms with Gasteiger partial charge in [-0.1, -0.05) is 44.4 Å². The molecule has 4 nitrogen and oxygen atoms in total. The summed E-state index contributed by atoms with van der Waals surface area (Å²) in [5.74, 6) is 0.265. The largest absolute Gasteiger partial charge is 0.449 e. The van der Waals surface area contributed by atoms with Crippen LogP contribution in [0.25, 0.3) is 0 Å². The lowest BCUT2D eigenvalue weighted by atomic mass is 10.2. The lowest BCUT2D eigenvalue weighted by Crippen LogP contribution is -2.14. The molecule has 1 aromatic rings. The Hall–Kier alpha value is -1.07. The lowest BCUT2D eigenvalue weighted by Gasteiger charge is -2.06. The van der Waals surface area contributed by atoms with Crippen LogP contribution in [0.5, 0.6) is 5.75 Å². The van der Waals surface area contributed by atoms with Crippen LogP contribution in [0.3, 0.4) is 0 Å². The topological polar surface area (TPSA) is 52.6 Å². The summed E-state index contributed by atoms with van der Waals surface area (Å²) in [5, 5.41) is 0. The zero-order valence-corrected chi connectivity index (χ0v) is 10.8.